The van der Waals surface area contributed by atoms with Gasteiger partial charge in [-0.3, -0.25) is 4.79 Å². The molecule has 0 bridgehead atoms. The van der Waals surface area contributed by atoms with E-state index in [-0.39, 0.29) is 23.3 Å². The highest BCUT2D eigenvalue weighted by molar-refractivity contribution is 7.99. The zero-order chi connectivity index (χ0) is 13.8. The quantitative estimate of drug-likeness (QED) is 0.924. The summed E-state index contributed by atoms with van der Waals surface area (Å²) in [5.74, 6) is 1.15. The third-order valence-electron chi connectivity index (χ3n) is 3.09. The summed E-state index contributed by atoms with van der Waals surface area (Å²) in [6.45, 7) is 5.09. The molecule has 1 fully saturated rings. The molecule has 1 aliphatic rings. The van der Waals surface area contributed by atoms with Gasteiger partial charge in [-0.2, -0.15) is 11.8 Å². The molecule has 19 heavy (non-hydrogen) atoms. The first-order valence-electron chi connectivity index (χ1n) is 6.42. The lowest BCUT2D eigenvalue weighted by Gasteiger charge is -2.33. The van der Waals surface area contributed by atoms with Crippen molar-refractivity contribution in [2.24, 2.45) is 0 Å². The fourth-order valence-corrected chi connectivity index (χ4v) is 3.10. The summed E-state index contributed by atoms with van der Waals surface area (Å²) in [6.07, 6.45) is 1.47. The molecule has 0 radical (unpaired) electrons. The van der Waals surface area contributed by atoms with Crippen molar-refractivity contribution in [3.05, 3.63) is 23.6 Å². The predicted molar refractivity (Wildman–Crippen MR) is 76.2 cm³/mol. The average molecular weight is 283 g/mol. The first-order chi connectivity index (χ1) is 9.15. The second kappa shape index (κ2) is 6.23. The highest BCUT2D eigenvalue weighted by Gasteiger charge is 2.27. The van der Waals surface area contributed by atoms with E-state index in [0.717, 1.165) is 11.5 Å². The average Bonchev–Trinajstić information content (AvgIpc) is 2.41. The van der Waals surface area contributed by atoms with Gasteiger partial charge in [0.05, 0.1) is 5.56 Å². The molecule has 2 rings (SSSR count). The van der Waals surface area contributed by atoms with Crippen molar-refractivity contribution in [1.82, 2.24) is 9.88 Å². The van der Waals surface area contributed by atoms with Gasteiger partial charge < -0.3 is 10.2 Å². The zero-order valence-corrected chi connectivity index (χ0v) is 12.0. The van der Waals surface area contributed by atoms with E-state index >= 15 is 0 Å². The lowest BCUT2D eigenvalue weighted by Crippen LogP contribution is -2.44. The molecular weight excluding hydrogens is 265 g/mol. The fourth-order valence-electron chi connectivity index (χ4n) is 2.08. The summed E-state index contributed by atoms with van der Waals surface area (Å²) in [7, 11) is 0. The van der Waals surface area contributed by atoms with Crippen LogP contribution in [0.15, 0.2) is 12.3 Å². The standard InChI is InChI=1S/C13H18FN3OS/c1-3-15-12-11(14)10(4-5-16-12)13(18)17-6-7-19-8-9(17)2/h4-5,9H,3,6-8H2,1-2H3,(H,15,16). The van der Waals surface area contributed by atoms with E-state index in [2.05, 4.69) is 10.3 Å². The molecule has 1 unspecified atom stereocenters. The Morgan fingerprint density at radius 2 is 2.47 bits per heavy atom. The second-order valence-corrected chi connectivity index (χ2v) is 5.62. The van der Waals surface area contributed by atoms with Crippen molar-refractivity contribution in [3.63, 3.8) is 0 Å². The number of anilines is 1. The van der Waals surface area contributed by atoms with Crippen LogP contribution in [0.5, 0.6) is 0 Å². The summed E-state index contributed by atoms with van der Waals surface area (Å²) >= 11 is 1.82. The summed E-state index contributed by atoms with van der Waals surface area (Å²) in [5, 5.41) is 2.82. The molecule has 1 aromatic rings. The molecular formula is C13H18FN3OS. The van der Waals surface area contributed by atoms with Gasteiger partial charge in [-0.1, -0.05) is 0 Å². The van der Waals surface area contributed by atoms with Crippen LogP contribution in [0, 0.1) is 5.82 Å². The Morgan fingerprint density at radius 1 is 1.68 bits per heavy atom. The summed E-state index contributed by atoms with van der Waals surface area (Å²) in [6, 6.07) is 1.59. The number of hydrogen-bond donors (Lipinski definition) is 1. The Labute approximate surface area is 116 Å². The highest BCUT2D eigenvalue weighted by atomic mass is 32.2. The molecule has 4 nitrogen and oxygen atoms in total. The number of nitrogens with zero attached hydrogens (tertiary/aromatic N) is 2. The number of thioether (sulfide) groups is 1. The van der Waals surface area contributed by atoms with Gasteiger partial charge in [0.2, 0.25) is 0 Å². The van der Waals surface area contributed by atoms with Crippen molar-refractivity contribution in [2.75, 3.05) is 29.9 Å². The molecule has 0 saturated carbocycles. The van der Waals surface area contributed by atoms with Crippen LogP contribution in [0.3, 0.4) is 0 Å². The molecule has 0 aromatic carbocycles. The number of carbonyl (C=O) groups excluding carboxylic acids is 1. The van der Waals surface area contributed by atoms with Crippen LogP contribution in [0.25, 0.3) is 0 Å². The van der Waals surface area contributed by atoms with Crippen LogP contribution in [-0.4, -0.2) is 46.4 Å². The number of halogens is 1. The van der Waals surface area contributed by atoms with Crippen LogP contribution in [0.4, 0.5) is 10.2 Å². The number of aromatic nitrogens is 1. The first-order valence-corrected chi connectivity index (χ1v) is 7.57. The van der Waals surface area contributed by atoms with Gasteiger partial charge in [0, 0.05) is 36.8 Å². The summed E-state index contributed by atoms with van der Waals surface area (Å²) < 4.78 is 14.2. The molecule has 1 N–H and O–H groups in total. The minimum absolute atomic E-state index is 0.102. The van der Waals surface area contributed by atoms with Crippen molar-refractivity contribution >= 4 is 23.5 Å². The van der Waals surface area contributed by atoms with Crippen LogP contribution in [-0.2, 0) is 0 Å². The molecule has 6 heteroatoms. The van der Waals surface area contributed by atoms with E-state index in [0.29, 0.717) is 13.1 Å². The van der Waals surface area contributed by atoms with Gasteiger partial charge in [-0.15, -0.1) is 0 Å². The third-order valence-corrected chi connectivity index (χ3v) is 4.28. The fraction of sp³-hybridized carbons (Fsp3) is 0.538. The van der Waals surface area contributed by atoms with E-state index in [1.54, 1.807) is 4.90 Å². The van der Waals surface area contributed by atoms with Crippen LogP contribution in [0.2, 0.25) is 0 Å². The number of rotatable bonds is 3. The maximum Gasteiger partial charge on any atom is 0.257 e. The van der Waals surface area contributed by atoms with E-state index in [9.17, 15) is 9.18 Å². The van der Waals surface area contributed by atoms with Crippen molar-refractivity contribution in [3.8, 4) is 0 Å². The summed E-state index contributed by atoms with van der Waals surface area (Å²) in [5.41, 5.74) is 0.102. The van der Waals surface area contributed by atoms with Gasteiger partial charge in [-0.25, -0.2) is 9.37 Å². The van der Waals surface area contributed by atoms with Gasteiger partial charge >= 0.3 is 0 Å². The normalized spacial score (nSPS) is 19.3. The van der Waals surface area contributed by atoms with Crippen molar-refractivity contribution in [2.45, 2.75) is 19.9 Å². The topological polar surface area (TPSA) is 45.2 Å². The van der Waals surface area contributed by atoms with Gasteiger partial charge in [0.15, 0.2) is 11.6 Å². The molecule has 0 aliphatic carbocycles. The monoisotopic (exact) mass is 283 g/mol. The Hall–Kier alpha value is -1.30. The van der Waals surface area contributed by atoms with E-state index < -0.39 is 5.82 Å². The largest absolute Gasteiger partial charge is 0.368 e. The smallest absolute Gasteiger partial charge is 0.257 e. The maximum atomic E-state index is 14.2. The lowest BCUT2D eigenvalue weighted by molar-refractivity contribution is 0.0711. The lowest BCUT2D eigenvalue weighted by atomic mass is 10.2. The maximum absolute atomic E-state index is 14.2. The molecule has 1 saturated heterocycles. The van der Waals surface area contributed by atoms with Crippen LogP contribution in [0.1, 0.15) is 24.2 Å². The third kappa shape index (κ3) is 3.00. The molecule has 1 amide bonds. The van der Waals surface area contributed by atoms with E-state index in [1.807, 2.05) is 25.6 Å². The number of nitrogens with one attached hydrogen (secondary N) is 1. The van der Waals surface area contributed by atoms with Gasteiger partial charge in [0.25, 0.3) is 5.91 Å². The van der Waals surface area contributed by atoms with Crippen molar-refractivity contribution < 1.29 is 9.18 Å². The summed E-state index contributed by atoms with van der Waals surface area (Å²) in [4.78, 5) is 18.1. The molecule has 1 aliphatic heterocycles. The Kier molecular flexibility index (Phi) is 4.63. The number of carbonyl (C=O) groups is 1. The molecule has 0 spiro atoms. The minimum Gasteiger partial charge on any atom is -0.368 e. The highest BCUT2D eigenvalue weighted by Crippen LogP contribution is 2.22. The number of hydrogen-bond acceptors (Lipinski definition) is 4. The van der Waals surface area contributed by atoms with E-state index in [4.69, 9.17) is 0 Å². The second-order valence-electron chi connectivity index (χ2n) is 4.47. The molecule has 1 aromatic heterocycles. The number of pyridine rings is 1. The Bertz CT molecular complexity index is 469. The Balaban J connectivity index is 2.25. The predicted octanol–water partition coefficient (Wildman–Crippen LogP) is 2.23. The van der Waals surface area contributed by atoms with Crippen LogP contribution < -0.4 is 5.32 Å². The zero-order valence-electron chi connectivity index (χ0n) is 11.1. The SMILES string of the molecule is CCNc1nccc(C(=O)N2CCSCC2C)c1F. The number of amides is 1. The van der Waals surface area contributed by atoms with Crippen LogP contribution >= 0.6 is 11.8 Å². The van der Waals surface area contributed by atoms with Crippen molar-refractivity contribution in [1.29, 1.82) is 0 Å². The molecule has 2 heterocycles. The first kappa shape index (κ1) is 14.1. The Morgan fingerprint density at radius 3 is 3.16 bits per heavy atom. The van der Waals surface area contributed by atoms with Gasteiger partial charge in [-0.05, 0) is 19.9 Å². The van der Waals surface area contributed by atoms with E-state index in [1.165, 1.54) is 12.3 Å². The minimum atomic E-state index is -0.556. The molecule has 104 valence electrons. The van der Waals surface area contributed by atoms with Gasteiger partial charge in [0.1, 0.15) is 0 Å². The molecule has 1 atom stereocenters.